The summed E-state index contributed by atoms with van der Waals surface area (Å²) in [6.07, 6.45) is 0. The summed E-state index contributed by atoms with van der Waals surface area (Å²) < 4.78 is 0.873. The standard InChI is InChI=1S/C16H16ClIN2O/c1-2-19-10-11-4-3-5-13(8-11)20-16(21)14-9-12(17)6-7-15(14)18/h3-9,19H,2,10H2,1H3,(H,20,21). The predicted octanol–water partition coefficient (Wildman–Crippen LogP) is 4.31. The minimum Gasteiger partial charge on any atom is -0.322 e. The van der Waals surface area contributed by atoms with Crippen molar-refractivity contribution in [3.63, 3.8) is 0 Å². The van der Waals surface area contributed by atoms with Gasteiger partial charge in [-0.05, 0) is 65.0 Å². The summed E-state index contributed by atoms with van der Waals surface area (Å²) in [5.41, 5.74) is 2.50. The summed E-state index contributed by atoms with van der Waals surface area (Å²) >= 11 is 8.09. The van der Waals surface area contributed by atoms with Crippen molar-refractivity contribution in [2.45, 2.75) is 13.5 Å². The van der Waals surface area contributed by atoms with Gasteiger partial charge in [-0.3, -0.25) is 4.79 Å². The highest BCUT2D eigenvalue weighted by molar-refractivity contribution is 14.1. The van der Waals surface area contributed by atoms with Crippen LogP contribution < -0.4 is 10.6 Å². The van der Waals surface area contributed by atoms with Crippen LogP contribution >= 0.6 is 34.2 Å². The molecule has 0 saturated carbocycles. The van der Waals surface area contributed by atoms with Crippen LogP contribution in [0.15, 0.2) is 42.5 Å². The molecule has 5 heteroatoms. The van der Waals surface area contributed by atoms with Crippen LogP contribution in [0.5, 0.6) is 0 Å². The second kappa shape index (κ2) is 7.77. The molecule has 0 atom stereocenters. The number of hydrogen-bond acceptors (Lipinski definition) is 2. The number of rotatable bonds is 5. The van der Waals surface area contributed by atoms with Crippen molar-refractivity contribution in [1.82, 2.24) is 5.32 Å². The fourth-order valence-electron chi connectivity index (χ4n) is 1.90. The molecule has 0 unspecified atom stereocenters. The molecule has 0 aromatic heterocycles. The first kappa shape index (κ1) is 16.3. The van der Waals surface area contributed by atoms with E-state index < -0.39 is 0 Å². The molecule has 21 heavy (non-hydrogen) atoms. The van der Waals surface area contributed by atoms with E-state index in [-0.39, 0.29) is 5.91 Å². The molecule has 3 nitrogen and oxygen atoms in total. The highest BCUT2D eigenvalue weighted by Gasteiger charge is 2.11. The van der Waals surface area contributed by atoms with E-state index in [1.807, 2.05) is 30.3 Å². The Labute approximate surface area is 143 Å². The van der Waals surface area contributed by atoms with Gasteiger partial charge in [-0.25, -0.2) is 0 Å². The topological polar surface area (TPSA) is 41.1 Å². The summed E-state index contributed by atoms with van der Waals surface area (Å²) in [6.45, 7) is 3.76. The predicted molar refractivity (Wildman–Crippen MR) is 95.9 cm³/mol. The molecule has 0 aliphatic rings. The van der Waals surface area contributed by atoms with Gasteiger partial charge < -0.3 is 10.6 Å². The lowest BCUT2D eigenvalue weighted by Gasteiger charge is -2.09. The van der Waals surface area contributed by atoms with E-state index in [1.165, 1.54) is 0 Å². The zero-order valence-electron chi connectivity index (χ0n) is 11.6. The zero-order chi connectivity index (χ0) is 15.2. The first-order chi connectivity index (χ1) is 10.1. The third-order valence-corrected chi connectivity index (χ3v) is 4.11. The van der Waals surface area contributed by atoms with Crippen LogP contribution in [-0.2, 0) is 6.54 Å². The molecule has 0 radical (unpaired) electrons. The minimum absolute atomic E-state index is 0.150. The van der Waals surface area contributed by atoms with Gasteiger partial charge in [0.2, 0.25) is 0 Å². The molecule has 2 rings (SSSR count). The smallest absolute Gasteiger partial charge is 0.256 e. The van der Waals surface area contributed by atoms with Crippen LogP contribution in [0.2, 0.25) is 5.02 Å². The summed E-state index contributed by atoms with van der Waals surface area (Å²) in [7, 11) is 0. The Balaban J connectivity index is 2.14. The molecule has 0 saturated heterocycles. The lowest BCUT2D eigenvalue weighted by molar-refractivity contribution is 0.102. The SMILES string of the molecule is CCNCc1cccc(NC(=O)c2cc(Cl)ccc2I)c1. The largest absolute Gasteiger partial charge is 0.322 e. The lowest BCUT2D eigenvalue weighted by Crippen LogP contribution is -2.15. The second-order valence-corrected chi connectivity index (χ2v) is 6.16. The van der Waals surface area contributed by atoms with Gasteiger partial charge in [0.25, 0.3) is 5.91 Å². The average molecular weight is 415 g/mol. The summed E-state index contributed by atoms with van der Waals surface area (Å²) in [5, 5.41) is 6.73. The van der Waals surface area contributed by atoms with Crippen molar-refractivity contribution in [3.8, 4) is 0 Å². The zero-order valence-corrected chi connectivity index (χ0v) is 14.5. The van der Waals surface area contributed by atoms with Crippen molar-refractivity contribution >= 4 is 45.8 Å². The minimum atomic E-state index is -0.150. The van der Waals surface area contributed by atoms with Crippen LogP contribution in [0.1, 0.15) is 22.8 Å². The number of carbonyl (C=O) groups is 1. The molecule has 0 aliphatic carbocycles. The number of amides is 1. The Morgan fingerprint density at radius 2 is 2.05 bits per heavy atom. The maximum atomic E-state index is 12.3. The van der Waals surface area contributed by atoms with E-state index in [9.17, 15) is 4.79 Å². The van der Waals surface area contributed by atoms with E-state index in [0.29, 0.717) is 10.6 Å². The highest BCUT2D eigenvalue weighted by atomic mass is 127. The summed E-state index contributed by atoms with van der Waals surface area (Å²) in [5.74, 6) is -0.150. The maximum Gasteiger partial charge on any atom is 0.256 e. The monoisotopic (exact) mass is 414 g/mol. The van der Waals surface area contributed by atoms with Crippen LogP contribution in [0, 0.1) is 3.57 Å². The van der Waals surface area contributed by atoms with Gasteiger partial charge in [0.1, 0.15) is 0 Å². The Hall–Kier alpha value is -1.11. The summed E-state index contributed by atoms with van der Waals surface area (Å²) in [6, 6.07) is 13.1. The molecule has 0 spiro atoms. The van der Waals surface area contributed by atoms with Gasteiger partial charge in [-0.1, -0.05) is 30.7 Å². The molecule has 2 N–H and O–H groups in total. The Bertz CT molecular complexity index is 646. The first-order valence-corrected chi connectivity index (χ1v) is 8.12. The third kappa shape index (κ3) is 4.69. The van der Waals surface area contributed by atoms with Crippen LogP contribution in [0.25, 0.3) is 0 Å². The van der Waals surface area contributed by atoms with Gasteiger partial charge in [0.05, 0.1) is 5.56 Å². The quantitative estimate of drug-likeness (QED) is 0.716. The molecule has 0 heterocycles. The van der Waals surface area contributed by atoms with Crippen LogP contribution in [0.4, 0.5) is 5.69 Å². The lowest BCUT2D eigenvalue weighted by atomic mass is 10.1. The molecule has 0 bridgehead atoms. The third-order valence-electron chi connectivity index (χ3n) is 2.94. The van der Waals surface area contributed by atoms with E-state index in [0.717, 1.165) is 27.9 Å². The number of hydrogen-bond donors (Lipinski definition) is 2. The molecular weight excluding hydrogens is 399 g/mol. The van der Waals surface area contributed by atoms with Crippen molar-refractivity contribution in [2.75, 3.05) is 11.9 Å². The fourth-order valence-corrected chi connectivity index (χ4v) is 2.65. The van der Waals surface area contributed by atoms with Crippen molar-refractivity contribution in [2.24, 2.45) is 0 Å². The highest BCUT2D eigenvalue weighted by Crippen LogP contribution is 2.20. The molecule has 0 fully saturated rings. The normalized spacial score (nSPS) is 10.4. The fraction of sp³-hybridized carbons (Fsp3) is 0.188. The maximum absolute atomic E-state index is 12.3. The van der Waals surface area contributed by atoms with E-state index in [4.69, 9.17) is 11.6 Å². The Morgan fingerprint density at radius 3 is 2.81 bits per heavy atom. The average Bonchev–Trinajstić information content (AvgIpc) is 2.48. The molecule has 2 aromatic carbocycles. The molecule has 110 valence electrons. The van der Waals surface area contributed by atoms with E-state index >= 15 is 0 Å². The second-order valence-electron chi connectivity index (χ2n) is 4.56. The van der Waals surface area contributed by atoms with Gasteiger partial charge in [-0.2, -0.15) is 0 Å². The van der Waals surface area contributed by atoms with Crippen molar-refractivity contribution in [3.05, 3.63) is 62.2 Å². The summed E-state index contributed by atoms with van der Waals surface area (Å²) in [4.78, 5) is 12.3. The molecule has 0 aliphatic heterocycles. The molecular formula is C16H16ClIN2O. The number of nitrogens with one attached hydrogen (secondary N) is 2. The van der Waals surface area contributed by atoms with Gasteiger partial charge in [0.15, 0.2) is 0 Å². The Morgan fingerprint density at radius 1 is 1.24 bits per heavy atom. The van der Waals surface area contributed by atoms with E-state index in [2.05, 4.69) is 40.1 Å². The Kier molecular flexibility index (Phi) is 6.02. The van der Waals surface area contributed by atoms with Crippen LogP contribution in [0.3, 0.4) is 0 Å². The molecule has 2 aromatic rings. The number of anilines is 1. The van der Waals surface area contributed by atoms with Crippen molar-refractivity contribution in [1.29, 1.82) is 0 Å². The van der Waals surface area contributed by atoms with Gasteiger partial charge >= 0.3 is 0 Å². The van der Waals surface area contributed by atoms with Gasteiger partial charge in [-0.15, -0.1) is 0 Å². The van der Waals surface area contributed by atoms with E-state index in [1.54, 1.807) is 12.1 Å². The van der Waals surface area contributed by atoms with Gasteiger partial charge in [0, 0.05) is 20.8 Å². The number of halogens is 2. The number of carbonyl (C=O) groups excluding carboxylic acids is 1. The first-order valence-electron chi connectivity index (χ1n) is 6.66. The number of benzene rings is 2. The van der Waals surface area contributed by atoms with Crippen LogP contribution in [-0.4, -0.2) is 12.5 Å². The molecule has 1 amide bonds. The van der Waals surface area contributed by atoms with Crippen molar-refractivity contribution < 1.29 is 4.79 Å².